The van der Waals surface area contributed by atoms with Gasteiger partial charge in [-0.1, -0.05) is 0 Å². The third kappa shape index (κ3) is 3.48. The second kappa shape index (κ2) is 7.29. The maximum absolute atomic E-state index is 11.7. The molecule has 0 N–H and O–H groups in total. The Balaban J connectivity index is 1.66. The fraction of sp³-hybridized carbons (Fsp3) is 0.389. The molecule has 1 aliphatic heterocycles. The first kappa shape index (κ1) is 16.2. The number of nitrogens with zero attached hydrogens (tertiary/aromatic N) is 4. The molecule has 0 amide bonds. The van der Waals surface area contributed by atoms with Gasteiger partial charge in [0.2, 0.25) is 5.95 Å². The van der Waals surface area contributed by atoms with Crippen LogP contribution in [0.4, 0.5) is 11.6 Å². The monoisotopic (exact) mass is 326 g/mol. The van der Waals surface area contributed by atoms with E-state index in [2.05, 4.69) is 26.7 Å². The van der Waals surface area contributed by atoms with Crippen molar-refractivity contribution in [3.8, 4) is 0 Å². The number of ether oxygens (including phenoxy) is 1. The van der Waals surface area contributed by atoms with E-state index in [1.807, 2.05) is 37.3 Å². The first-order chi connectivity index (χ1) is 11.7. The third-order valence-corrected chi connectivity index (χ3v) is 4.18. The molecule has 0 spiro atoms. The van der Waals surface area contributed by atoms with Gasteiger partial charge in [-0.25, -0.2) is 14.8 Å². The lowest BCUT2D eigenvalue weighted by molar-refractivity contribution is 0.0526. The van der Waals surface area contributed by atoms with E-state index in [0.29, 0.717) is 18.2 Å². The molecule has 6 heteroatoms. The lowest BCUT2D eigenvalue weighted by Crippen LogP contribution is -2.52. The molecule has 0 aliphatic carbocycles. The lowest BCUT2D eigenvalue weighted by atomic mass is 10.1. The van der Waals surface area contributed by atoms with Crippen molar-refractivity contribution in [3.63, 3.8) is 0 Å². The zero-order valence-electron chi connectivity index (χ0n) is 14.1. The number of carbonyl (C=O) groups is 1. The molecule has 0 bridgehead atoms. The molecule has 2 aromatic rings. The number of carbonyl (C=O) groups excluding carboxylic acids is 1. The zero-order valence-corrected chi connectivity index (χ0v) is 14.1. The van der Waals surface area contributed by atoms with Crippen LogP contribution in [-0.4, -0.2) is 48.2 Å². The molecule has 0 saturated carbocycles. The van der Waals surface area contributed by atoms with Crippen molar-refractivity contribution in [2.24, 2.45) is 0 Å². The minimum absolute atomic E-state index is 0.275. The third-order valence-electron chi connectivity index (χ3n) is 4.18. The maximum Gasteiger partial charge on any atom is 0.338 e. The molecule has 24 heavy (non-hydrogen) atoms. The van der Waals surface area contributed by atoms with Crippen LogP contribution in [0.5, 0.6) is 0 Å². The van der Waals surface area contributed by atoms with Crippen molar-refractivity contribution in [1.82, 2.24) is 9.97 Å². The Labute approximate surface area is 142 Å². The summed E-state index contributed by atoms with van der Waals surface area (Å²) < 4.78 is 5.02. The summed E-state index contributed by atoms with van der Waals surface area (Å²) in [5, 5.41) is 0. The number of esters is 1. The van der Waals surface area contributed by atoms with Crippen LogP contribution in [0.15, 0.2) is 42.7 Å². The summed E-state index contributed by atoms with van der Waals surface area (Å²) in [5.41, 5.74) is 1.70. The Bertz CT molecular complexity index is 675. The molecule has 1 saturated heterocycles. The largest absolute Gasteiger partial charge is 0.462 e. The fourth-order valence-corrected chi connectivity index (χ4v) is 2.95. The van der Waals surface area contributed by atoms with Gasteiger partial charge in [0.15, 0.2) is 0 Å². The maximum atomic E-state index is 11.7. The normalized spacial score (nSPS) is 17.7. The second-order valence-corrected chi connectivity index (χ2v) is 5.80. The molecule has 1 atom stereocenters. The number of aromatic nitrogens is 2. The highest BCUT2D eigenvalue weighted by atomic mass is 16.5. The van der Waals surface area contributed by atoms with Crippen LogP contribution >= 0.6 is 0 Å². The van der Waals surface area contributed by atoms with E-state index < -0.39 is 0 Å². The van der Waals surface area contributed by atoms with Crippen LogP contribution in [-0.2, 0) is 4.74 Å². The summed E-state index contributed by atoms with van der Waals surface area (Å²) >= 11 is 0. The van der Waals surface area contributed by atoms with Crippen molar-refractivity contribution in [3.05, 3.63) is 48.3 Å². The SMILES string of the molecule is CCOC(=O)c1ccc(N2CCN(c3ncccn3)[C@@H](C)C2)cc1. The van der Waals surface area contributed by atoms with Crippen molar-refractivity contribution in [1.29, 1.82) is 0 Å². The van der Waals surface area contributed by atoms with Gasteiger partial charge >= 0.3 is 5.97 Å². The zero-order chi connectivity index (χ0) is 16.9. The van der Waals surface area contributed by atoms with E-state index in [1.54, 1.807) is 12.4 Å². The fourth-order valence-electron chi connectivity index (χ4n) is 2.95. The molecule has 0 radical (unpaired) electrons. The Morgan fingerprint density at radius 1 is 1.21 bits per heavy atom. The first-order valence-electron chi connectivity index (χ1n) is 8.25. The van der Waals surface area contributed by atoms with Gasteiger partial charge in [0.1, 0.15) is 0 Å². The molecular weight excluding hydrogens is 304 g/mol. The number of rotatable bonds is 4. The highest BCUT2D eigenvalue weighted by Gasteiger charge is 2.25. The van der Waals surface area contributed by atoms with Gasteiger partial charge in [0.05, 0.1) is 12.2 Å². The van der Waals surface area contributed by atoms with Gasteiger partial charge in [-0.3, -0.25) is 0 Å². The molecule has 6 nitrogen and oxygen atoms in total. The summed E-state index contributed by atoms with van der Waals surface area (Å²) in [6, 6.07) is 9.75. The minimum Gasteiger partial charge on any atom is -0.462 e. The van der Waals surface area contributed by atoms with E-state index in [-0.39, 0.29) is 5.97 Å². The highest BCUT2D eigenvalue weighted by Crippen LogP contribution is 2.22. The minimum atomic E-state index is -0.275. The quantitative estimate of drug-likeness (QED) is 0.804. The highest BCUT2D eigenvalue weighted by molar-refractivity contribution is 5.89. The van der Waals surface area contributed by atoms with Crippen molar-refractivity contribution < 1.29 is 9.53 Å². The van der Waals surface area contributed by atoms with Crippen LogP contribution in [0.1, 0.15) is 24.2 Å². The van der Waals surface area contributed by atoms with Crippen LogP contribution in [0.2, 0.25) is 0 Å². The van der Waals surface area contributed by atoms with Crippen molar-refractivity contribution in [2.75, 3.05) is 36.0 Å². The molecule has 1 fully saturated rings. The van der Waals surface area contributed by atoms with Crippen LogP contribution < -0.4 is 9.80 Å². The van der Waals surface area contributed by atoms with Crippen LogP contribution in [0.3, 0.4) is 0 Å². The summed E-state index contributed by atoms with van der Waals surface area (Å²) in [6.07, 6.45) is 3.55. The van der Waals surface area contributed by atoms with Crippen LogP contribution in [0, 0.1) is 0 Å². The van der Waals surface area contributed by atoms with E-state index >= 15 is 0 Å². The number of piperazine rings is 1. The molecular formula is C18H22N4O2. The number of benzene rings is 1. The van der Waals surface area contributed by atoms with Gasteiger partial charge in [0, 0.05) is 43.8 Å². The molecule has 1 aromatic carbocycles. The summed E-state index contributed by atoms with van der Waals surface area (Å²) in [5.74, 6) is 0.505. The second-order valence-electron chi connectivity index (χ2n) is 5.80. The molecule has 1 aromatic heterocycles. The van der Waals surface area contributed by atoms with Gasteiger partial charge < -0.3 is 14.5 Å². The predicted molar refractivity (Wildman–Crippen MR) is 93.5 cm³/mol. The molecule has 1 aliphatic rings. The van der Waals surface area contributed by atoms with E-state index in [9.17, 15) is 4.79 Å². The van der Waals surface area contributed by atoms with Gasteiger partial charge in [-0.15, -0.1) is 0 Å². The average molecular weight is 326 g/mol. The van der Waals surface area contributed by atoms with E-state index in [0.717, 1.165) is 31.3 Å². The molecule has 126 valence electrons. The molecule has 2 heterocycles. The van der Waals surface area contributed by atoms with Gasteiger partial charge in [-0.05, 0) is 44.2 Å². The van der Waals surface area contributed by atoms with E-state index in [4.69, 9.17) is 4.74 Å². The predicted octanol–water partition coefficient (Wildman–Crippen LogP) is 2.37. The molecule has 0 unspecified atom stereocenters. The van der Waals surface area contributed by atoms with Crippen molar-refractivity contribution >= 4 is 17.6 Å². The van der Waals surface area contributed by atoms with Gasteiger partial charge in [-0.2, -0.15) is 0 Å². The van der Waals surface area contributed by atoms with Crippen LogP contribution in [0.25, 0.3) is 0 Å². The number of hydrogen-bond acceptors (Lipinski definition) is 6. The lowest BCUT2D eigenvalue weighted by Gasteiger charge is -2.41. The Kier molecular flexibility index (Phi) is 4.93. The summed E-state index contributed by atoms with van der Waals surface area (Å²) in [6.45, 7) is 7.02. The van der Waals surface area contributed by atoms with Crippen molar-refractivity contribution in [2.45, 2.75) is 19.9 Å². The number of hydrogen-bond donors (Lipinski definition) is 0. The van der Waals surface area contributed by atoms with E-state index in [1.165, 1.54) is 0 Å². The first-order valence-corrected chi connectivity index (χ1v) is 8.25. The summed E-state index contributed by atoms with van der Waals surface area (Å²) in [4.78, 5) is 25.0. The summed E-state index contributed by atoms with van der Waals surface area (Å²) in [7, 11) is 0. The standard InChI is InChI=1S/C18H22N4O2/c1-3-24-17(23)15-5-7-16(8-6-15)21-11-12-22(14(2)13-21)18-19-9-4-10-20-18/h4-10,14H,3,11-13H2,1-2H3/t14-/m0/s1. The number of anilines is 2. The topological polar surface area (TPSA) is 58.6 Å². The molecule has 3 rings (SSSR count). The Morgan fingerprint density at radius 3 is 2.54 bits per heavy atom. The van der Waals surface area contributed by atoms with Gasteiger partial charge in [0.25, 0.3) is 0 Å². The Hall–Kier alpha value is -2.63. The Morgan fingerprint density at radius 2 is 1.92 bits per heavy atom. The average Bonchev–Trinajstić information content (AvgIpc) is 2.63. The smallest absolute Gasteiger partial charge is 0.338 e.